The third kappa shape index (κ3) is 1.72. The van der Waals surface area contributed by atoms with Crippen molar-refractivity contribution < 1.29 is 0 Å². The Morgan fingerprint density at radius 3 is 2.94 bits per heavy atom. The van der Waals surface area contributed by atoms with Crippen LogP contribution in [0.15, 0.2) is 24.4 Å². The lowest BCUT2D eigenvalue weighted by molar-refractivity contribution is 0.610. The van der Waals surface area contributed by atoms with Gasteiger partial charge in [0.25, 0.3) is 0 Å². The molecule has 0 atom stereocenters. The third-order valence-corrected chi connectivity index (χ3v) is 3.83. The number of aromatic amines is 1. The molecule has 16 heavy (non-hydrogen) atoms. The average molecular weight is 235 g/mol. The topological polar surface area (TPSA) is 41.8 Å². The molecule has 2 nitrogen and oxygen atoms in total. The normalized spacial score (nSPS) is 17.9. The van der Waals surface area contributed by atoms with Crippen LogP contribution in [-0.2, 0) is 6.42 Å². The molecular weight excluding hydrogens is 220 g/mol. The van der Waals surface area contributed by atoms with Crippen LogP contribution in [0.2, 0.25) is 5.02 Å². The lowest BCUT2D eigenvalue weighted by atomic mass is 10.0. The van der Waals surface area contributed by atoms with E-state index < -0.39 is 0 Å². The number of hydrogen-bond acceptors (Lipinski definition) is 1. The van der Waals surface area contributed by atoms with E-state index >= 15 is 0 Å². The van der Waals surface area contributed by atoms with Gasteiger partial charge in [-0.3, -0.25) is 0 Å². The van der Waals surface area contributed by atoms with Crippen LogP contribution in [0.25, 0.3) is 10.9 Å². The van der Waals surface area contributed by atoms with Crippen LogP contribution >= 0.6 is 11.6 Å². The van der Waals surface area contributed by atoms with E-state index in [-0.39, 0.29) is 5.54 Å². The van der Waals surface area contributed by atoms with Crippen molar-refractivity contribution in [3.63, 3.8) is 0 Å². The Hall–Kier alpha value is -0.990. The first-order valence-electron chi connectivity index (χ1n) is 5.71. The molecule has 0 saturated heterocycles. The summed E-state index contributed by atoms with van der Waals surface area (Å²) in [6, 6.07) is 6.27. The van der Waals surface area contributed by atoms with Gasteiger partial charge in [-0.15, -0.1) is 0 Å². The van der Waals surface area contributed by atoms with Crippen molar-refractivity contribution in [2.24, 2.45) is 5.73 Å². The van der Waals surface area contributed by atoms with Crippen LogP contribution in [0, 0.1) is 0 Å². The van der Waals surface area contributed by atoms with Gasteiger partial charge in [0.1, 0.15) is 0 Å². The standard InChI is InChI=1S/C13H15ClN2/c14-10-8-16-11-3-1-2-9(12(10)11)4-5-13(15)6-7-13/h1-3,8,16H,4-7,15H2. The Balaban J connectivity index is 1.93. The molecule has 2 aromatic rings. The quantitative estimate of drug-likeness (QED) is 0.841. The van der Waals surface area contributed by atoms with Gasteiger partial charge in [-0.1, -0.05) is 23.7 Å². The van der Waals surface area contributed by atoms with Gasteiger partial charge in [-0.2, -0.15) is 0 Å². The number of benzene rings is 1. The van der Waals surface area contributed by atoms with Gasteiger partial charge in [0, 0.05) is 22.6 Å². The Bertz CT molecular complexity index is 526. The number of halogens is 1. The zero-order valence-electron chi connectivity index (χ0n) is 9.09. The monoisotopic (exact) mass is 234 g/mol. The molecule has 1 aliphatic rings. The van der Waals surface area contributed by atoms with Gasteiger partial charge < -0.3 is 10.7 Å². The van der Waals surface area contributed by atoms with Crippen molar-refractivity contribution in [3.8, 4) is 0 Å². The largest absolute Gasteiger partial charge is 0.360 e. The number of nitrogens with two attached hydrogens (primary N) is 1. The number of fused-ring (bicyclic) bond motifs is 1. The van der Waals surface area contributed by atoms with Crippen LogP contribution < -0.4 is 5.73 Å². The van der Waals surface area contributed by atoms with Gasteiger partial charge >= 0.3 is 0 Å². The van der Waals surface area contributed by atoms with Crippen molar-refractivity contribution in [2.45, 2.75) is 31.2 Å². The molecule has 84 valence electrons. The van der Waals surface area contributed by atoms with Crippen LogP contribution in [0.1, 0.15) is 24.8 Å². The highest BCUT2D eigenvalue weighted by Crippen LogP contribution is 2.37. The Labute approximate surface area is 99.8 Å². The van der Waals surface area contributed by atoms with E-state index in [0.717, 1.165) is 28.8 Å². The lowest BCUT2D eigenvalue weighted by Gasteiger charge is -2.09. The van der Waals surface area contributed by atoms with E-state index in [0.29, 0.717) is 0 Å². The molecule has 0 unspecified atom stereocenters. The molecule has 1 aliphatic carbocycles. The minimum absolute atomic E-state index is 0.116. The molecule has 1 aromatic carbocycles. The fourth-order valence-electron chi connectivity index (χ4n) is 2.22. The van der Waals surface area contributed by atoms with Gasteiger partial charge in [-0.25, -0.2) is 0 Å². The minimum Gasteiger partial charge on any atom is -0.360 e. The third-order valence-electron chi connectivity index (χ3n) is 3.53. The number of rotatable bonds is 3. The van der Waals surface area contributed by atoms with E-state index in [2.05, 4.69) is 23.2 Å². The van der Waals surface area contributed by atoms with Crippen LogP contribution in [-0.4, -0.2) is 10.5 Å². The summed E-state index contributed by atoms with van der Waals surface area (Å²) in [7, 11) is 0. The summed E-state index contributed by atoms with van der Waals surface area (Å²) < 4.78 is 0. The zero-order valence-corrected chi connectivity index (χ0v) is 9.85. The number of aryl methyl sites for hydroxylation is 1. The highest BCUT2D eigenvalue weighted by atomic mass is 35.5. The predicted octanol–water partition coefficient (Wildman–Crippen LogP) is 3.25. The summed E-state index contributed by atoms with van der Waals surface area (Å²) >= 11 is 6.18. The van der Waals surface area contributed by atoms with Gasteiger partial charge in [-0.05, 0) is 37.3 Å². The van der Waals surface area contributed by atoms with Crippen molar-refractivity contribution in [1.82, 2.24) is 4.98 Å². The summed E-state index contributed by atoms with van der Waals surface area (Å²) in [6.07, 6.45) is 6.28. The molecule has 3 heteroatoms. The Morgan fingerprint density at radius 2 is 2.19 bits per heavy atom. The maximum Gasteiger partial charge on any atom is 0.0661 e. The summed E-state index contributed by atoms with van der Waals surface area (Å²) in [6.45, 7) is 0. The van der Waals surface area contributed by atoms with Gasteiger partial charge in [0.2, 0.25) is 0 Å². The molecule has 0 bridgehead atoms. The second-order valence-corrected chi connectivity index (χ2v) is 5.25. The molecule has 1 heterocycles. The molecule has 3 rings (SSSR count). The summed E-state index contributed by atoms with van der Waals surface area (Å²) in [4.78, 5) is 3.18. The molecule has 3 N–H and O–H groups in total. The highest BCUT2D eigenvalue weighted by molar-refractivity contribution is 6.35. The van der Waals surface area contributed by atoms with E-state index in [1.54, 1.807) is 0 Å². The molecule has 1 aromatic heterocycles. The highest BCUT2D eigenvalue weighted by Gasteiger charge is 2.37. The molecule has 0 aliphatic heterocycles. The van der Waals surface area contributed by atoms with Crippen molar-refractivity contribution in [2.75, 3.05) is 0 Å². The average Bonchev–Trinajstić information content (AvgIpc) is 2.90. The molecule has 0 spiro atoms. The Kier molecular flexibility index (Phi) is 2.23. The predicted molar refractivity (Wildman–Crippen MR) is 67.8 cm³/mol. The van der Waals surface area contributed by atoms with E-state index in [1.807, 2.05) is 6.20 Å². The summed E-state index contributed by atoms with van der Waals surface area (Å²) in [5, 5.41) is 1.97. The number of nitrogens with one attached hydrogen (secondary N) is 1. The molecular formula is C13H15ClN2. The number of H-pyrrole nitrogens is 1. The van der Waals surface area contributed by atoms with Crippen molar-refractivity contribution in [3.05, 3.63) is 35.0 Å². The number of hydrogen-bond donors (Lipinski definition) is 2. The van der Waals surface area contributed by atoms with Crippen molar-refractivity contribution in [1.29, 1.82) is 0 Å². The van der Waals surface area contributed by atoms with E-state index in [4.69, 9.17) is 17.3 Å². The fourth-order valence-corrected chi connectivity index (χ4v) is 2.50. The maximum absolute atomic E-state index is 6.18. The first kappa shape index (κ1) is 10.2. The SMILES string of the molecule is NC1(CCc2cccc3[nH]cc(Cl)c23)CC1. The smallest absolute Gasteiger partial charge is 0.0661 e. The number of aromatic nitrogens is 1. The van der Waals surface area contributed by atoms with Crippen LogP contribution in [0.5, 0.6) is 0 Å². The molecule has 0 amide bonds. The van der Waals surface area contributed by atoms with Crippen LogP contribution in [0.3, 0.4) is 0 Å². The molecule has 1 fully saturated rings. The summed E-state index contributed by atoms with van der Waals surface area (Å²) in [5.74, 6) is 0. The van der Waals surface area contributed by atoms with E-state index in [1.165, 1.54) is 18.4 Å². The summed E-state index contributed by atoms with van der Waals surface area (Å²) in [5.41, 5.74) is 8.65. The van der Waals surface area contributed by atoms with Gasteiger partial charge in [0.15, 0.2) is 0 Å². The first-order valence-corrected chi connectivity index (χ1v) is 6.09. The fraction of sp³-hybridized carbons (Fsp3) is 0.385. The molecule has 0 radical (unpaired) electrons. The maximum atomic E-state index is 6.18. The van der Waals surface area contributed by atoms with Crippen LogP contribution in [0.4, 0.5) is 0 Å². The van der Waals surface area contributed by atoms with Crippen molar-refractivity contribution >= 4 is 22.5 Å². The lowest BCUT2D eigenvalue weighted by Crippen LogP contribution is -2.22. The zero-order chi connectivity index (χ0) is 11.2. The van der Waals surface area contributed by atoms with Gasteiger partial charge in [0.05, 0.1) is 5.02 Å². The second-order valence-electron chi connectivity index (χ2n) is 4.84. The first-order chi connectivity index (χ1) is 7.68. The Morgan fingerprint density at radius 1 is 1.38 bits per heavy atom. The molecule has 1 saturated carbocycles. The minimum atomic E-state index is 0.116. The second kappa shape index (κ2) is 3.51. The van der Waals surface area contributed by atoms with E-state index in [9.17, 15) is 0 Å².